The van der Waals surface area contributed by atoms with Gasteiger partial charge in [0.1, 0.15) is 0 Å². The highest BCUT2D eigenvalue weighted by atomic mass is 16.3. The fourth-order valence-electron chi connectivity index (χ4n) is 3.40. The minimum Gasteiger partial charge on any atom is -0.396 e. The SMILES string of the molecule is CCCCCCCCCCCCC(CCO)Cc1ccccc1. The fraction of sp³-hybridized carbons (Fsp3) is 0.727. The molecule has 0 amide bonds. The van der Waals surface area contributed by atoms with Crippen LogP contribution >= 0.6 is 0 Å². The maximum absolute atomic E-state index is 9.28. The first-order valence-electron chi connectivity index (χ1n) is 10.0. The van der Waals surface area contributed by atoms with Gasteiger partial charge in [0, 0.05) is 6.61 Å². The normalized spacial score (nSPS) is 12.4. The zero-order valence-electron chi connectivity index (χ0n) is 15.3. The zero-order valence-corrected chi connectivity index (χ0v) is 15.3. The standard InChI is InChI=1S/C22H38O/c1-2-3-4-5-6-7-8-9-10-12-17-22(18-19-23)20-21-15-13-11-14-16-21/h11,13-16,22-23H,2-10,12,17-20H2,1H3. The number of rotatable bonds is 15. The Morgan fingerprint density at radius 2 is 1.30 bits per heavy atom. The van der Waals surface area contributed by atoms with Crippen LogP contribution in [0.15, 0.2) is 30.3 Å². The predicted octanol–water partition coefficient (Wildman–Crippen LogP) is 6.54. The van der Waals surface area contributed by atoms with Crippen LogP contribution in [0.3, 0.4) is 0 Å². The molecule has 1 aromatic carbocycles. The summed E-state index contributed by atoms with van der Waals surface area (Å²) in [4.78, 5) is 0. The van der Waals surface area contributed by atoms with E-state index in [9.17, 15) is 5.11 Å². The topological polar surface area (TPSA) is 20.2 Å². The van der Waals surface area contributed by atoms with Crippen molar-refractivity contribution < 1.29 is 5.11 Å². The van der Waals surface area contributed by atoms with Crippen molar-refractivity contribution in [2.45, 2.75) is 90.4 Å². The molecule has 132 valence electrons. The van der Waals surface area contributed by atoms with Crippen molar-refractivity contribution in [3.05, 3.63) is 35.9 Å². The van der Waals surface area contributed by atoms with Crippen molar-refractivity contribution >= 4 is 0 Å². The Bertz CT molecular complexity index is 346. The maximum Gasteiger partial charge on any atom is 0.0433 e. The third-order valence-corrected chi connectivity index (χ3v) is 4.87. The molecule has 1 rings (SSSR count). The highest BCUT2D eigenvalue weighted by Gasteiger charge is 2.09. The van der Waals surface area contributed by atoms with E-state index in [-0.39, 0.29) is 0 Å². The lowest BCUT2D eigenvalue weighted by Crippen LogP contribution is -2.07. The molecule has 1 N–H and O–H groups in total. The number of benzene rings is 1. The molecular formula is C22H38O. The van der Waals surface area contributed by atoms with Crippen LogP contribution in [-0.2, 0) is 6.42 Å². The summed E-state index contributed by atoms with van der Waals surface area (Å²) in [6.45, 7) is 2.61. The first-order valence-corrected chi connectivity index (χ1v) is 10.0. The molecule has 0 aromatic heterocycles. The molecule has 0 radical (unpaired) electrons. The molecule has 1 unspecified atom stereocenters. The van der Waals surface area contributed by atoms with Gasteiger partial charge in [0.05, 0.1) is 0 Å². The van der Waals surface area contributed by atoms with Gasteiger partial charge in [-0.2, -0.15) is 0 Å². The van der Waals surface area contributed by atoms with E-state index in [2.05, 4.69) is 37.3 Å². The van der Waals surface area contributed by atoms with E-state index < -0.39 is 0 Å². The summed E-state index contributed by atoms with van der Waals surface area (Å²) in [7, 11) is 0. The molecule has 23 heavy (non-hydrogen) atoms. The molecule has 1 nitrogen and oxygen atoms in total. The maximum atomic E-state index is 9.28. The third-order valence-electron chi connectivity index (χ3n) is 4.87. The molecule has 1 atom stereocenters. The van der Waals surface area contributed by atoms with Gasteiger partial charge in [-0.25, -0.2) is 0 Å². The summed E-state index contributed by atoms with van der Waals surface area (Å²) < 4.78 is 0. The summed E-state index contributed by atoms with van der Waals surface area (Å²) in [5, 5.41) is 9.28. The third kappa shape index (κ3) is 11.4. The van der Waals surface area contributed by atoms with Crippen molar-refractivity contribution in [2.75, 3.05) is 6.61 Å². The molecule has 0 heterocycles. The van der Waals surface area contributed by atoms with Crippen molar-refractivity contribution in [3.63, 3.8) is 0 Å². The second kappa shape index (κ2) is 14.8. The van der Waals surface area contributed by atoms with Crippen LogP contribution < -0.4 is 0 Å². The first kappa shape index (κ1) is 20.2. The Morgan fingerprint density at radius 3 is 1.87 bits per heavy atom. The Kier molecular flexibility index (Phi) is 13.0. The smallest absolute Gasteiger partial charge is 0.0433 e. The average molecular weight is 319 g/mol. The molecule has 1 heteroatoms. The molecule has 0 aliphatic heterocycles. The van der Waals surface area contributed by atoms with Gasteiger partial charge >= 0.3 is 0 Å². The van der Waals surface area contributed by atoms with Crippen LogP contribution in [0.25, 0.3) is 0 Å². The van der Waals surface area contributed by atoms with Crippen LogP contribution in [0, 0.1) is 5.92 Å². The highest BCUT2D eigenvalue weighted by Crippen LogP contribution is 2.20. The number of hydrogen-bond donors (Lipinski definition) is 1. The summed E-state index contributed by atoms with van der Waals surface area (Å²) in [5.41, 5.74) is 1.41. The molecule has 0 saturated carbocycles. The van der Waals surface area contributed by atoms with E-state index in [1.165, 1.54) is 76.2 Å². The van der Waals surface area contributed by atoms with Crippen molar-refractivity contribution in [1.82, 2.24) is 0 Å². The quantitative estimate of drug-likeness (QED) is 0.364. The van der Waals surface area contributed by atoms with Gasteiger partial charge in [-0.05, 0) is 24.3 Å². The summed E-state index contributed by atoms with van der Waals surface area (Å²) >= 11 is 0. The average Bonchev–Trinajstić information content (AvgIpc) is 2.57. The van der Waals surface area contributed by atoms with Gasteiger partial charge in [-0.15, -0.1) is 0 Å². The van der Waals surface area contributed by atoms with Gasteiger partial charge in [0.25, 0.3) is 0 Å². The molecule has 0 aliphatic rings. The van der Waals surface area contributed by atoms with E-state index in [1.807, 2.05) is 0 Å². The molecule has 0 bridgehead atoms. The van der Waals surface area contributed by atoms with Crippen LogP contribution in [0.1, 0.15) is 89.5 Å². The summed E-state index contributed by atoms with van der Waals surface area (Å²) in [6, 6.07) is 10.7. The van der Waals surface area contributed by atoms with E-state index in [0.717, 1.165) is 12.8 Å². The van der Waals surface area contributed by atoms with Gasteiger partial charge in [0.15, 0.2) is 0 Å². The summed E-state index contributed by atoms with van der Waals surface area (Å²) in [5.74, 6) is 0.649. The Morgan fingerprint density at radius 1 is 0.739 bits per heavy atom. The van der Waals surface area contributed by atoms with Gasteiger partial charge in [-0.3, -0.25) is 0 Å². The number of hydrogen-bond acceptors (Lipinski definition) is 1. The molecule has 0 fully saturated rings. The molecule has 0 aliphatic carbocycles. The van der Waals surface area contributed by atoms with Crippen LogP contribution in [0.4, 0.5) is 0 Å². The van der Waals surface area contributed by atoms with E-state index >= 15 is 0 Å². The van der Waals surface area contributed by atoms with Gasteiger partial charge in [-0.1, -0.05) is 108 Å². The number of aliphatic hydroxyl groups is 1. The highest BCUT2D eigenvalue weighted by molar-refractivity contribution is 5.15. The van der Waals surface area contributed by atoms with Crippen molar-refractivity contribution in [1.29, 1.82) is 0 Å². The fourth-order valence-corrected chi connectivity index (χ4v) is 3.40. The Labute approximate surface area is 144 Å². The monoisotopic (exact) mass is 318 g/mol. The Balaban J connectivity index is 2.02. The molecule has 1 aromatic rings. The Hall–Kier alpha value is -0.820. The predicted molar refractivity (Wildman–Crippen MR) is 102 cm³/mol. The van der Waals surface area contributed by atoms with Gasteiger partial charge < -0.3 is 5.11 Å². The number of aliphatic hydroxyl groups excluding tert-OH is 1. The number of unbranched alkanes of at least 4 members (excludes halogenated alkanes) is 9. The minimum atomic E-state index is 0.329. The van der Waals surface area contributed by atoms with E-state index in [4.69, 9.17) is 0 Å². The first-order chi connectivity index (χ1) is 11.4. The zero-order chi connectivity index (χ0) is 16.6. The van der Waals surface area contributed by atoms with Gasteiger partial charge in [0.2, 0.25) is 0 Å². The lowest BCUT2D eigenvalue weighted by molar-refractivity contribution is 0.249. The van der Waals surface area contributed by atoms with Crippen molar-refractivity contribution in [2.24, 2.45) is 5.92 Å². The van der Waals surface area contributed by atoms with Crippen molar-refractivity contribution in [3.8, 4) is 0 Å². The molecule has 0 spiro atoms. The lowest BCUT2D eigenvalue weighted by atomic mass is 9.91. The molecule has 0 saturated heterocycles. The molecular weight excluding hydrogens is 280 g/mol. The second-order valence-electron chi connectivity index (χ2n) is 7.04. The second-order valence-corrected chi connectivity index (χ2v) is 7.04. The van der Waals surface area contributed by atoms with Crippen LogP contribution in [-0.4, -0.2) is 11.7 Å². The lowest BCUT2D eigenvalue weighted by Gasteiger charge is -2.15. The van der Waals surface area contributed by atoms with E-state index in [1.54, 1.807) is 0 Å². The van der Waals surface area contributed by atoms with Crippen LogP contribution in [0.2, 0.25) is 0 Å². The largest absolute Gasteiger partial charge is 0.396 e. The minimum absolute atomic E-state index is 0.329. The van der Waals surface area contributed by atoms with E-state index in [0.29, 0.717) is 12.5 Å². The van der Waals surface area contributed by atoms with Crippen LogP contribution in [0.5, 0.6) is 0 Å². The summed E-state index contributed by atoms with van der Waals surface area (Å²) in [6.07, 6.45) is 17.3.